The van der Waals surface area contributed by atoms with Crippen molar-refractivity contribution in [3.63, 3.8) is 0 Å². The number of carbonyl (C=O) groups is 1. The Morgan fingerprint density at radius 1 is 1.29 bits per heavy atom. The number of hydrogen-bond acceptors (Lipinski definition) is 4. The minimum absolute atomic E-state index is 0.0480. The maximum absolute atomic E-state index is 12.9. The third-order valence-electron chi connectivity index (χ3n) is 4.72. The first-order chi connectivity index (χ1) is 11.7. The highest BCUT2D eigenvalue weighted by Crippen LogP contribution is 2.28. The lowest BCUT2D eigenvalue weighted by Crippen LogP contribution is -2.57. The van der Waals surface area contributed by atoms with Gasteiger partial charge in [0.1, 0.15) is 5.75 Å². The summed E-state index contributed by atoms with van der Waals surface area (Å²) in [6, 6.07) is 7.17. The van der Waals surface area contributed by atoms with E-state index in [1.165, 1.54) is 0 Å². The molecule has 0 saturated carbocycles. The molecule has 0 radical (unpaired) electrons. The van der Waals surface area contributed by atoms with Gasteiger partial charge in [-0.3, -0.25) is 4.79 Å². The van der Waals surface area contributed by atoms with Crippen LogP contribution in [-0.4, -0.2) is 43.9 Å². The van der Waals surface area contributed by atoms with Crippen LogP contribution in [0.5, 0.6) is 5.75 Å². The highest BCUT2D eigenvalue weighted by atomic mass is 35.5. The second-order valence-electron chi connectivity index (χ2n) is 6.50. The van der Waals surface area contributed by atoms with E-state index < -0.39 is 5.60 Å². The van der Waals surface area contributed by atoms with E-state index in [1.54, 1.807) is 12.1 Å². The van der Waals surface area contributed by atoms with Crippen molar-refractivity contribution in [2.45, 2.75) is 43.8 Å². The fraction of sp³-hybridized carbons (Fsp3) is 0.611. The lowest BCUT2D eigenvalue weighted by molar-refractivity contribution is -0.140. The highest BCUT2D eigenvalue weighted by molar-refractivity contribution is 6.30. The molecule has 2 saturated heterocycles. The SMILES string of the molecule is O=C(NC[C@@H]1CCCCO1)C1(Oc2ccc(Cl)cc2)CCNCC1. The molecule has 2 fully saturated rings. The van der Waals surface area contributed by atoms with Crippen molar-refractivity contribution < 1.29 is 14.3 Å². The standard InChI is InChI=1S/C18H25ClN2O3/c19-14-4-6-15(7-5-14)24-18(8-10-20-11-9-18)17(22)21-13-16-3-1-2-12-23-16/h4-7,16,20H,1-3,8-13H2,(H,21,22)/t16-/m0/s1. The van der Waals surface area contributed by atoms with Crippen LogP contribution in [0, 0.1) is 0 Å². The predicted octanol–water partition coefficient (Wildman–Crippen LogP) is 2.53. The smallest absolute Gasteiger partial charge is 0.264 e. The number of halogens is 1. The quantitative estimate of drug-likeness (QED) is 0.855. The lowest BCUT2D eigenvalue weighted by Gasteiger charge is -2.37. The molecule has 132 valence electrons. The molecule has 0 spiro atoms. The minimum Gasteiger partial charge on any atom is -0.477 e. The van der Waals surface area contributed by atoms with E-state index in [9.17, 15) is 4.79 Å². The summed E-state index contributed by atoms with van der Waals surface area (Å²) in [4.78, 5) is 12.9. The predicted molar refractivity (Wildman–Crippen MR) is 93.5 cm³/mol. The van der Waals surface area contributed by atoms with Crippen LogP contribution in [0.15, 0.2) is 24.3 Å². The Balaban J connectivity index is 1.65. The van der Waals surface area contributed by atoms with Crippen molar-refractivity contribution in [2.24, 2.45) is 0 Å². The van der Waals surface area contributed by atoms with E-state index in [2.05, 4.69) is 10.6 Å². The zero-order valence-electron chi connectivity index (χ0n) is 13.9. The lowest BCUT2D eigenvalue weighted by atomic mass is 9.90. The molecule has 3 rings (SSSR count). The average Bonchev–Trinajstić information content (AvgIpc) is 2.63. The van der Waals surface area contributed by atoms with Gasteiger partial charge in [-0.15, -0.1) is 0 Å². The number of rotatable bonds is 5. The normalized spacial score (nSPS) is 23.5. The molecule has 6 heteroatoms. The number of amides is 1. The summed E-state index contributed by atoms with van der Waals surface area (Å²) < 4.78 is 11.8. The summed E-state index contributed by atoms with van der Waals surface area (Å²) in [6.45, 7) is 2.87. The molecule has 5 nitrogen and oxygen atoms in total. The van der Waals surface area contributed by atoms with Gasteiger partial charge in [-0.2, -0.15) is 0 Å². The average molecular weight is 353 g/mol. The Labute approximate surface area is 148 Å². The molecule has 2 aliphatic heterocycles. The maximum atomic E-state index is 12.9. The summed E-state index contributed by atoms with van der Waals surface area (Å²) >= 11 is 5.93. The number of piperidine rings is 1. The zero-order chi connectivity index (χ0) is 16.8. The van der Waals surface area contributed by atoms with Gasteiger partial charge in [0.25, 0.3) is 5.91 Å². The van der Waals surface area contributed by atoms with Crippen molar-refractivity contribution in [3.8, 4) is 5.75 Å². The van der Waals surface area contributed by atoms with Gasteiger partial charge in [-0.1, -0.05) is 11.6 Å². The minimum atomic E-state index is -0.826. The summed E-state index contributed by atoms with van der Waals surface area (Å²) in [6.07, 6.45) is 4.70. The topological polar surface area (TPSA) is 59.6 Å². The first-order valence-corrected chi connectivity index (χ1v) is 9.11. The number of hydrogen-bond donors (Lipinski definition) is 2. The van der Waals surface area contributed by atoms with Crippen LogP contribution < -0.4 is 15.4 Å². The van der Waals surface area contributed by atoms with Gasteiger partial charge in [-0.25, -0.2) is 0 Å². The first-order valence-electron chi connectivity index (χ1n) is 8.73. The van der Waals surface area contributed by atoms with E-state index in [4.69, 9.17) is 21.1 Å². The Morgan fingerprint density at radius 2 is 2.04 bits per heavy atom. The van der Waals surface area contributed by atoms with Gasteiger partial charge >= 0.3 is 0 Å². The van der Waals surface area contributed by atoms with Crippen LogP contribution in [0.2, 0.25) is 5.02 Å². The number of carbonyl (C=O) groups excluding carboxylic acids is 1. The molecule has 1 amide bonds. The van der Waals surface area contributed by atoms with Gasteiger partial charge in [-0.05, 0) is 56.6 Å². The maximum Gasteiger partial charge on any atom is 0.264 e. The van der Waals surface area contributed by atoms with Crippen LogP contribution in [0.25, 0.3) is 0 Å². The molecule has 0 unspecified atom stereocenters. The Kier molecular flexibility index (Phi) is 5.98. The molecule has 1 atom stereocenters. The van der Waals surface area contributed by atoms with Gasteiger partial charge in [0.05, 0.1) is 6.10 Å². The van der Waals surface area contributed by atoms with Crippen molar-refractivity contribution >= 4 is 17.5 Å². The molecule has 0 aromatic heterocycles. The molecular formula is C18H25ClN2O3. The van der Waals surface area contributed by atoms with Gasteiger partial charge in [0, 0.05) is 31.0 Å². The van der Waals surface area contributed by atoms with Crippen LogP contribution in [-0.2, 0) is 9.53 Å². The summed E-state index contributed by atoms with van der Waals surface area (Å²) in [5.74, 6) is 0.624. The third-order valence-corrected chi connectivity index (χ3v) is 4.97. The summed E-state index contributed by atoms with van der Waals surface area (Å²) in [5, 5.41) is 6.99. The van der Waals surface area contributed by atoms with Gasteiger partial charge in [0.2, 0.25) is 0 Å². The van der Waals surface area contributed by atoms with Crippen LogP contribution in [0.1, 0.15) is 32.1 Å². The van der Waals surface area contributed by atoms with Crippen molar-refractivity contribution in [2.75, 3.05) is 26.2 Å². The molecule has 0 bridgehead atoms. The molecule has 0 aliphatic carbocycles. The molecule has 1 aromatic carbocycles. The second-order valence-corrected chi connectivity index (χ2v) is 6.94. The molecule has 2 aliphatic rings. The van der Waals surface area contributed by atoms with Gasteiger partial charge in [0.15, 0.2) is 5.60 Å². The van der Waals surface area contributed by atoms with E-state index in [1.807, 2.05) is 12.1 Å². The molecule has 2 heterocycles. The molecule has 24 heavy (non-hydrogen) atoms. The Morgan fingerprint density at radius 3 is 2.71 bits per heavy atom. The zero-order valence-corrected chi connectivity index (χ0v) is 14.6. The number of benzene rings is 1. The Hall–Kier alpha value is -1.30. The largest absolute Gasteiger partial charge is 0.477 e. The van der Waals surface area contributed by atoms with E-state index in [0.717, 1.165) is 39.0 Å². The molecule has 1 aromatic rings. The Bertz CT molecular complexity index is 538. The monoisotopic (exact) mass is 352 g/mol. The van der Waals surface area contributed by atoms with Crippen molar-refractivity contribution in [3.05, 3.63) is 29.3 Å². The van der Waals surface area contributed by atoms with Crippen LogP contribution in [0.3, 0.4) is 0 Å². The number of ether oxygens (including phenoxy) is 2. The molecular weight excluding hydrogens is 328 g/mol. The van der Waals surface area contributed by atoms with Crippen LogP contribution in [0.4, 0.5) is 0 Å². The van der Waals surface area contributed by atoms with Crippen molar-refractivity contribution in [1.82, 2.24) is 10.6 Å². The van der Waals surface area contributed by atoms with Crippen molar-refractivity contribution in [1.29, 1.82) is 0 Å². The number of nitrogens with one attached hydrogen (secondary N) is 2. The third kappa shape index (κ3) is 4.41. The summed E-state index contributed by atoms with van der Waals surface area (Å²) in [7, 11) is 0. The highest BCUT2D eigenvalue weighted by Gasteiger charge is 2.42. The van der Waals surface area contributed by atoms with Crippen LogP contribution >= 0.6 is 11.6 Å². The van der Waals surface area contributed by atoms with Gasteiger partial charge < -0.3 is 20.1 Å². The molecule has 2 N–H and O–H groups in total. The van der Waals surface area contributed by atoms with E-state index in [-0.39, 0.29) is 12.0 Å². The summed E-state index contributed by atoms with van der Waals surface area (Å²) in [5.41, 5.74) is -0.826. The fourth-order valence-electron chi connectivity index (χ4n) is 3.27. The fourth-order valence-corrected chi connectivity index (χ4v) is 3.40. The van der Waals surface area contributed by atoms with E-state index in [0.29, 0.717) is 30.2 Å². The van der Waals surface area contributed by atoms with E-state index >= 15 is 0 Å². The second kappa shape index (κ2) is 8.19. The first kappa shape index (κ1) is 17.5.